The highest BCUT2D eigenvalue weighted by Gasteiger charge is 2.30. The topological polar surface area (TPSA) is 75.3 Å². The van der Waals surface area contributed by atoms with Crippen LogP contribution in [0.25, 0.3) is 0 Å². The van der Waals surface area contributed by atoms with Crippen LogP contribution in [-0.4, -0.2) is 14.3 Å². The molecule has 7 heteroatoms. The van der Waals surface area contributed by atoms with Crippen molar-refractivity contribution in [2.45, 2.75) is 30.7 Å². The standard InChI is InChI=1S/C21H20N2O3S2/c1-13-5-7-15(8-6-13)20(19-4-3-11-27-19)23-28(25,26)16-9-10-18-17(12-16)14(2)21(24)22-18/h3-12,14,20,23H,1-2H3,(H,22,24)/t14-,20+/m1/s1. The maximum atomic E-state index is 13.2. The smallest absolute Gasteiger partial charge is 0.241 e. The lowest BCUT2D eigenvalue weighted by Gasteiger charge is -2.19. The first kappa shape index (κ1) is 18.9. The average molecular weight is 413 g/mol. The minimum absolute atomic E-state index is 0.117. The predicted molar refractivity (Wildman–Crippen MR) is 111 cm³/mol. The molecule has 0 saturated carbocycles. The molecule has 1 aliphatic rings. The fourth-order valence-electron chi connectivity index (χ4n) is 3.29. The highest BCUT2D eigenvalue weighted by molar-refractivity contribution is 7.89. The Balaban J connectivity index is 1.71. The van der Waals surface area contributed by atoms with Gasteiger partial charge in [0.15, 0.2) is 0 Å². The number of hydrogen-bond acceptors (Lipinski definition) is 4. The van der Waals surface area contributed by atoms with Crippen molar-refractivity contribution in [1.29, 1.82) is 0 Å². The third kappa shape index (κ3) is 3.48. The molecule has 5 nitrogen and oxygen atoms in total. The van der Waals surface area contributed by atoms with Crippen LogP contribution in [0.3, 0.4) is 0 Å². The first-order chi connectivity index (χ1) is 13.3. The Labute approximate surface area is 168 Å². The molecule has 0 bridgehead atoms. The van der Waals surface area contributed by atoms with Crippen LogP contribution in [0.5, 0.6) is 0 Å². The molecule has 0 saturated heterocycles. The Morgan fingerprint density at radius 2 is 1.86 bits per heavy atom. The second-order valence-electron chi connectivity index (χ2n) is 6.94. The Morgan fingerprint density at radius 1 is 1.11 bits per heavy atom. The van der Waals surface area contributed by atoms with E-state index in [1.807, 2.05) is 48.7 Å². The number of amides is 1. The van der Waals surface area contributed by atoms with Crippen molar-refractivity contribution in [2.75, 3.05) is 5.32 Å². The number of aryl methyl sites for hydroxylation is 1. The summed E-state index contributed by atoms with van der Waals surface area (Å²) in [5.41, 5.74) is 3.37. The van der Waals surface area contributed by atoms with Gasteiger partial charge in [0.05, 0.1) is 16.9 Å². The lowest BCUT2D eigenvalue weighted by Crippen LogP contribution is -2.29. The molecule has 144 valence electrons. The largest absolute Gasteiger partial charge is 0.325 e. The van der Waals surface area contributed by atoms with Gasteiger partial charge in [0.2, 0.25) is 15.9 Å². The van der Waals surface area contributed by atoms with Crippen molar-refractivity contribution in [3.63, 3.8) is 0 Å². The number of nitrogens with one attached hydrogen (secondary N) is 2. The predicted octanol–water partition coefficient (Wildman–Crippen LogP) is 4.18. The first-order valence-corrected chi connectivity index (χ1v) is 11.3. The summed E-state index contributed by atoms with van der Waals surface area (Å²) in [6.45, 7) is 3.76. The minimum atomic E-state index is -3.79. The maximum absolute atomic E-state index is 13.2. The second-order valence-corrected chi connectivity index (χ2v) is 9.63. The van der Waals surface area contributed by atoms with E-state index in [1.54, 1.807) is 19.1 Å². The van der Waals surface area contributed by atoms with Crippen molar-refractivity contribution in [3.05, 3.63) is 81.5 Å². The van der Waals surface area contributed by atoms with E-state index < -0.39 is 16.1 Å². The Kier molecular flexibility index (Phi) is 4.82. The summed E-state index contributed by atoms with van der Waals surface area (Å²) in [4.78, 5) is 12.9. The van der Waals surface area contributed by atoms with Gasteiger partial charge in [-0.05, 0) is 54.6 Å². The number of rotatable bonds is 5. The van der Waals surface area contributed by atoms with Gasteiger partial charge in [-0.25, -0.2) is 8.42 Å². The van der Waals surface area contributed by atoms with Crippen molar-refractivity contribution in [3.8, 4) is 0 Å². The van der Waals surface area contributed by atoms with E-state index >= 15 is 0 Å². The highest BCUT2D eigenvalue weighted by Crippen LogP contribution is 2.34. The number of carbonyl (C=O) groups excluding carboxylic acids is 1. The van der Waals surface area contributed by atoms with Crippen molar-refractivity contribution < 1.29 is 13.2 Å². The lowest BCUT2D eigenvalue weighted by atomic mass is 10.0. The van der Waals surface area contributed by atoms with Gasteiger partial charge in [-0.2, -0.15) is 4.72 Å². The monoisotopic (exact) mass is 412 g/mol. The number of hydrogen-bond donors (Lipinski definition) is 2. The van der Waals surface area contributed by atoms with E-state index in [0.717, 1.165) is 16.0 Å². The molecule has 3 aromatic rings. The quantitative estimate of drug-likeness (QED) is 0.660. The van der Waals surface area contributed by atoms with Crippen LogP contribution >= 0.6 is 11.3 Å². The van der Waals surface area contributed by atoms with Gasteiger partial charge in [-0.3, -0.25) is 4.79 Å². The van der Waals surface area contributed by atoms with Crippen LogP contribution in [0, 0.1) is 6.92 Å². The van der Waals surface area contributed by atoms with Gasteiger partial charge < -0.3 is 5.32 Å². The Bertz CT molecular complexity index is 1120. The number of fused-ring (bicyclic) bond motifs is 1. The SMILES string of the molecule is Cc1ccc([C@H](NS(=O)(=O)c2ccc3c(c2)[C@@H](C)C(=O)N3)c2cccs2)cc1. The van der Waals surface area contributed by atoms with Crippen LogP contribution in [0.4, 0.5) is 5.69 Å². The summed E-state index contributed by atoms with van der Waals surface area (Å²) < 4.78 is 29.2. The lowest BCUT2D eigenvalue weighted by molar-refractivity contribution is -0.116. The summed E-state index contributed by atoms with van der Waals surface area (Å²) >= 11 is 1.51. The molecule has 2 heterocycles. The summed E-state index contributed by atoms with van der Waals surface area (Å²) in [5.74, 6) is -0.482. The van der Waals surface area contributed by atoms with E-state index in [2.05, 4.69) is 10.0 Å². The van der Waals surface area contributed by atoms with Crippen LogP contribution in [0.15, 0.2) is 64.9 Å². The summed E-state index contributed by atoms with van der Waals surface area (Å²) in [6, 6.07) is 15.9. The van der Waals surface area contributed by atoms with Gasteiger partial charge in [-0.1, -0.05) is 35.9 Å². The van der Waals surface area contributed by atoms with E-state index in [1.165, 1.54) is 17.4 Å². The van der Waals surface area contributed by atoms with E-state index in [9.17, 15) is 13.2 Å². The second kappa shape index (κ2) is 7.16. The van der Waals surface area contributed by atoms with Gasteiger partial charge >= 0.3 is 0 Å². The Morgan fingerprint density at radius 3 is 2.54 bits per heavy atom. The molecule has 0 fully saturated rings. The molecule has 2 aromatic carbocycles. The van der Waals surface area contributed by atoms with Gasteiger partial charge in [0.25, 0.3) is 0 Å². The van der Waals surface area contributed by atoms with Gasteiger partial charge in [-0.15, -0.1) is 11.3 Å². The molecular weight excluding hydrogens is 392 g/mol. The summed E-state index contributed by atoms with van der Waals surface area (Å²) in [7, 11) is -3.79. The van der Waals surface area contributed by atoms with Crippen molar-refractivity contribution >= 4 is 33.0 Å². The zero-order valence-corrected chi connectivity index (χ0v) is 17.1. The third-order valence-corrected chi connectivity index (χ3v) is 7.32. The molecule has 1 aliphatic heterocycles. The number of sulfonamides is 1. The molecule has 28 heavy (non-hydrogen) atoms. The molecule has 0 unspecified atom stereocenters. The zero-order chi connectivity index (χ0) is 19.9. The van der Waals surface area contributed by atoms with Crippen LogP contribution in [0.2, 0.25) is 0 Å². The minimum Gasteiger partial charge on any atom is -0.325 e. The van der Waals surface area contributed by atoms with Gasteiger partial charge in [0, 0.05) is 10.6 Å². The number of anilines is 1. The molecule has 4 rings (SSSR count). The first-order valence-electron chi connectivity index (χ1n) is 8.92. The average Bonchev–Trinajstić information content (AvgIpc) is 3.29. The highest BCUT2D eigenvalue weighted by atomic mass is 32.2. The van der Waals surface area contributed by atoms with Crippen LogP contribution in [0.1, 0.15) is 40.5 Å². The van der Waals surface area contributed by atoms with E-state index in [0.29, 0.717) is 11.3 Å². The number of benzene rings is 2. The molecule has 0 spiro atoms. The molecule has 1 aromatic heterocycles. The summed E-state index contributed by atoms with van der Waals surface area (Å²) in [6.07, 6.45) is 0. The number of carbonyl (C=O) groups is 1. The normalized spacial score (nSPS) is 17.2. The van der Waals surface area contributed by atoms with Gasteiger partial charge in [0.1, 0.15) is 0 Å². The molecular formula is C21H20N2O3S2. The van der Waals surface area contributed by atoms with E-state index in [-0.39, 0.29) is 16.7 Å². The molecule has 0 radical (unpaired) electrons. The van der Waals surface area contributed by atoms with Crippen molar-refractivity contribution in [2.24, 2.45) is 0 Å². The molecule has 0 aliphatic carbocycles. The third-order valence-electron chi connectivity index (χ3n) is 4.96. The number of thiophene rings is 1. The molecule has 2 N–H and O–H groups in total. The molecule has 2 atom stereocenters. The summed E-state index contributed by atoms with van der Waals surface area (Å²) in [5, 5.41) is 4.70. The molecule has 1 amide bonds. The van der Waals surface area contributed by atoms with E-state index in [4.69, 9.17) is 0 Å². The zero-order valence-electron chi connectivity index (χ0n) is 15.5. The van der Waals surface area contributed by atoms with Crippen molar-refractivity contribution in [1.82, 2.24) is 4.72 Å². The maximum Gasteiger partial charge on any atom is 0.241 e. The van der Waals surface area contributed by atoms with Crippen LogP contribution in [-0.2, 0) is 14.8 Å². The van der Waals surface area contributed by atoms with Crippen LogP contribution < -0.4 is 10.0 Å². The fraction of sp³-hybridized carbons (Fsp3) is 0.190. The fourth-order valence-corrected chi connectivity index (χ4v) is 5.41. The Hall–Kier alpha value is -2.48.